The van der Waals surface area contributed by atoms with Gasteiger partial charge in [-0.2, -0.15) is 0 Å². The van der Waals surface area contributed by atoms with Crippen LogP contribution in [0, 0.1) is 5.92 Å². The summed E-state index contributed by atoms with van der Waals surface area (Å²) in [5.74, 6) is -0.517. The van der Waals surface area contributed by atoms with Gasteiger partial charge in [-0.05, 0) is 37.6 Å². The molecule has 0 spiro atoms. The monoisotopic (exact) mass is 453 g/mol. The minimum Gasteiger partial charge on any atom is -0.385 e. The van der Waals surface area contributed by atoms with Gasteiger partial charge in [-0.3, -0.25) is 19.8 Å². The number of benzene rings is 1. The fourth-order valence-corrected chi connectivity index (χ4v) is 5.96. The van der Waals surface area contributed by atoms with Crippen molar-refractivity contribution in [2.45, 2.75) is 55.4 Å². The first-order chi connectivity index (χ1) is 14.5. The summed E-state index contributed by atoms with van der Waals surface area (Å²) in [5.41, 5.74) is 1.50. The Morgan fingerprint density at radius 2 is 1.81 bits per heavy atom. The molecule has 31 heavy (non-hydrogen) atoms. The lowest BCUT2D eigenvalue weighted by Crippen LogP contribution is -2.62. The molecule has 0 saturated carbocycles. The van der Waals surface area contributed by atoms with Crippen molar-refractivity contribution in [1.82, 2.24) is 10.2 Å². The number of alkyl halides is 1. The Labute approximate surface area is 181 Å². The highest BCUT2D eigenvalue weighted by Crippen LogP contribution is 2.44. The summed E-state index contributed by atoms with van der Waals surface area (Å²) >= 11 is 0. The summed E-state index contributed by atoms with van der Waals surface area (Å²) in [6.45, 7) is 3.33. The molecule has 2 N–H and O–H groups in total. The van der Waals surface area contributed by atoms with Crippen molar-refractivity contribution in [3.05, 3.63) is 23.3 Å². The van der Waals surface area contributed by atoms with Crippen molar-refractivity contribution in [3.8, 4) is 0 Å². The fraction of sp³-hybridized carbons (Fsp3) is 0.619. The van der Waals surface area contributed by atoms with E-state index in [9.17, 15) is 27.5 Å². The first kappa shape index (κ1) is 22.2. The predicted molar refractivity (Wildman–Crippen MR) is 112 cm³/mol. The summed E-state index contributed by atoms with van der Waals surface area (Å²) in [6.07, 6.45) is -1.26. The third kappa shape index (κ3) is 3.96. The molecule has 8 nitrogen and oxygen atoms in total. The number of hydrogen-bond donors (Lipinski definition) is 2. The smallest absolute Gasteiger partial charge is 0.226 e. The van der Waals surface area contributed by atoms with E-state index < -0.39 is 22.1 Å². The number of anilines is 1. The van der Waals surface area contributed by atoms with Crippen LogP contribution in [0.15, 0.2) is 17.0 Å². The van der Waals surface area contributed by atoms with Crippen molar-refractivity contribution < 1.29 is 27.5 Å². The molecule has 1 aliphatic carbocycles. The van der Waals surface area contributed by atoms with E-state index in [1.807, 2.05) is 14.0 Å². The molecular weight excluding hydrogens is 425 g/mol. The number of piperidine rings is 1. The third-order valence-corrected chi connectivity index (χ3v) is 8.16. The summed E-state index contributed by atoms with van der Waals surface area (Å²) < 4.78 is 38.5. The van der Waals surface area contributed by atoms with Crippen molar-refractivity contribution in [1.29, 1.82) is 0 Å². The van der Waals surface area contributed by atoms with Gasteiger partial charge < -0.3 is 10.0 Å². The minimum absolute atomic E-state index is 0.0120. The number of carbonyl (C=O) groups is 2. The first-order valence-electron chi connectivity index (χ1n) is 10.4. The number of hydrogen-bond acceptors (Lipinski definition) is 7. The maximum atomic E-state index is 14.3. The molecule has 2 saturated heterocycles. The SMILES string of the molecule is CC(C1CC(=O)NC(=O)C1)N(C)C1CN(c2ccc(S(C)(=O)=O)c3c2CC(F)[C@H]3O)C1. The number of sulfone groups is 1. The van der Waals surface area contributed by atoms with Crippen LogP contribution in [0.4, 0.5) is 10.1 Å². The lowest BCUT2D eigenvalue weighted by Gasteiger charge is -2.49. The molecule has 10 heteroatoms. The third-order valence-electron chi connectivity index (χ3n) is 7.01. The number of rotatable bonds is 5. The normalized spacial score (nSPS) is 26.1. The second-order valence-corrected chi connectivity index (χ2v) is 11.0. The highest BCUT2D eigenvalue weighted by atomic mass is 32.2. The average Bonchev–Trinajstić information content (AvgIpc) is 2.93. The zero-order valence-corrected chi connectivity index (χ0v) is 18.7. The van der Waals surface area contributed by atoms with E-state index in [4.69, 9.17) is 0 Å². The summed E-state index contributed by atoms with van der Waals surface area (Å²) in [4.78, 5) is 27.6. The Bertz CT molecular complexity index is 1010. The van der Waals surface area contributed by atoms with Crippen LogP contribution in [-0.4, -0.2) is 74.9 Å². The molecular formula is C21H28FN3O5S. The molecule has 0 bridgehead atoms. The molecule has 2 unspecified atom stereocenters. The van der Waals surface area contributed by atoms with E-state index in [1.54, 1.807) is 6.07 Å². The molecule has 2 heterocycles. The topological polar surface area (TPSA) is 107 Å². The molecule has 0 radical (unpaired) electrons. The average molecular weight is 454 g/mol. The van der Waals surface area contributed by atoms with Gasteiger partial charge in [-0.25, -0.2) is 12.8 Å². The van der Waals surface area contributed by atoms with Gasteiger partial charge in [-0.1, -0.05) is 0 Å². The lowest BCUT2D eigenvalue weighted by molar-refractivity contribution is -0.136. The Kier molecular flexibility index (Phi) is 5.60. The van der Waals surface area contributed by atoms with E-state index in [-0.39, 0.29) is 46.7 Å². The van der Waals surface area contributed by atoms with E-state index >= 15 is 0 Å². The van der Waals surface area contributed by atoms with E-state index in [1.165, 1.54) is 6.07 Å². The maximum absolute atomic E-state index is 14.3. The van der Waals surface area contributed by atoms with Crippen LogP contribution in [0.5, 0.6) is 0 Å². The molecule has 170 valence electrons. The number of carbonyl (C=O) groups excluding carboxylic acids is 2. The summed E-state index contributed by atoms with van der Waals surface area (Å²) in [6, 6.07) is 3.38. The largest absolute Gasteiger partial charge is 0.385 e. The number of aliphatic hydroxyl groups is 1. The highest BCUT2D eigenvalue weighted by molar-refractivity contribution is 7.90. The van der Waals surface area contributed by atoms with Crippen LogP contribution in [0.2, 0.25) is 0 Å². The molecule has 1 aromatic carbocycles. The second kappa shape index (κ2) is 7.83. The van der Waals surface area contributed by atoms with Crippen LogP contribution in [-0.2, 0) is 25.8 Å². The number of halogens is 1. The van der Waals surface area contributed by atoms with E-state index in [2.05, 4.69) is 15.1 Å². The van der Waals surface area contributed by atoms with Crippen molar-refractivity contribution in [3.63, 3.8) is 0 Å². The molecule has 2 amide bonds. The van der Waals surface area contributed by atoms with Gasteiger partial charge in [0.05, 0.1) is 4.90 Å². The summed E-state index contributed by atoms with van der Waals surface area (Å²) in [5, 5.41) is 12.6. The number of fused-ring (bicyclic) bond motifs is 1. The van der Waals surface area contributed by atoms with Gasteiger partial charge in [0.1, 0.15) is 12.3 Å². The lowest BCUT2D eigenvalue weighted by atomic mass is 9.88. The number of likely N-dealkylation sites (N-methyl/N-ethyl adjacent to an activating group) is 1. The standard InChI is InChI=1S/C21H28FN3O5S/c1-11(12-6-18(26)23-19(27)7-12)24(2)13-9-25(10-13)16-4-5-17(31(3,29)30)20-14(16)8-15(22)21(20)28/h4-5,11-13,15,21,28H,6-10H2,1-3H3,(H,23,26,27)/t11?,15?,21-/m1/s1. The van der Waals surface area contributed by atoms with Crippen molar-refractivity contribution in [2.24, 2.45) is 5.92 Å². The van der Waals surface area contributed by atoms with Gasteiger partial charge in [0.2, 0.25) is 11.8 Å². The van der Waals surface area contributed by atoms with E-state index in [0.717, 1.165) is 11.9 Å². The Morgan fingerprint density at radius 3 is 2.39 bits per heavy atom. The zero-order valence-electron chi connectivity index (χ0n) is 17.8. The molecule has 3 atom stereocenters. The van der Waals surface area contributed by atoms with Gasteiger partial charge in [0.15, 0.2) is 9.84 Å². The first-order valence-corrected chi connectivity index (χ1v) is 12.3. The Balaban J connectivity index is 1.49. The van der Waals surface area contributed by atoms with Gasteiger partial charge >= 0.3 is 0 Å². The van der Waals surface area contributed by atoms with Gasteiger partial charge in [0, 0.05) is 61.9 Å². The highest BCUT2D eigenvalue weighted by Gasteiger charge is 2.41. The van der Waals surface area contributed by atoms with Crippen molar-refractivity contribution >= 4 is 27.3 Å². The van der Waals surface area contributed by atoms with E-state index in [0.29, 0.717) is 31.5 Å². The number of amides is 2. The molecule has 4 rings (SSSR count). The van der Waals surface area contributed by atoms with Crippen LogP contribution in [0.3, 0.4) is 0 Å². The number of aliphatic hydroxyl groups excluding tert-OH is 1. The second-order valence-electron chi connectivity index (χ2n) is 9.02. The number of nitrogens with one attached hydrogen (secondary N) is 1. The van der Waals surface area contributed by atoms with Crippen molar-refractivity contribution in [2.75, 3.05) is 31.3 Å². The molecule has 3 aliphatic rings. The van der Waals surface area contributed by atoms with Gasteiger partial charge in [-0.15, -0.1) is 0 Å². The predicted octanol–water partition coefficient (Wildman–Crippen LogP) is 0.579. The van der Waals surface area contributed by atoms with Crippen LogP contribution in [0.25, 0.3) is 0 Å². The summed E-state index contributed by atoms with van der Waals surface area (Å²) in [7, 11) is -1.61. The van der Waals surface area contributed by atoms with Gasteiger partial charge in [0.25, 0.3) is 0 Å². The molecule has 2 fully saturated rings. The number of imide groups is 1. The maximum Gasteiger partial charge on any atom is 0.226 e. The Hall–Kier alpha value is -2.04. The molecule has 2 aliphatic heterocycles. The van der Waals surface area contributed by atoms with Crippen LogP contribution < -0.4 is 10.2 Å². The van der Waals surface area contributed by atoms with Crippen LogP contribution in [0.1, 0.15) is 37.0 Å². The molecule has 0 aromatic heterocycles. The quantitative estimate of drug-likeness (QED) is 0.628. The number of nitrogens with zero attached hydrogens (tertiary/aromatic N) is 2. The molecule has 1 aromatic rings. The minimum atomic E-state index is -3.59. The Morgan fingerprint density at radius 1 is 1.19 bits per heavy atom. The zero-order chi connectivity index (χ0) is 22.7. The fourth-order valence-electron chi connectivity index (χ4n) is 5.00. The van der Waals surface area contributed by atoms with Crippen LogP contribution >= 0.6 is 0 Å².